The van der Waals surface area contributed by atoms with E-state index in [-0.39, 0.29) is 34.9 Å². The Labute approximate surface area is 217 Å². The first-order valence-electron chi connectivity index (χ1n) is 11.7. The van der Waals surface area contributed by atoms with Crippen LogP contribution < -0.4 is 5.32 Å². The quantitative estimate of drug-likeness (QED) is 0.411. The predicted molar refractivity (Wildman–Crippen MR) is 135 cm³/mol. The Hall–Kier alpha value is -2.83. The zero-order valence-corrected chi connectivity index (χ0v) is 22.2. The molecule has 3 aromatic rings. The number of alkyl halides is 3. The van der Waals surface area contributed by atoms with Gasteiger partial charge >= 0.3 is 6.18 Å². The SMILES string of the molecule is CCS(=O)(=O)c1ccc(CC(=O)Nc2nc3c(s2)CN(Cc2ccnc(C(F)(F)F)c2)C3C(C)C)cc1. The molecule has 1 atom stereocenters. The van der Waals surface area contributed by atoms with Crippen LogP contribution in [0.1, 0.15) is 54.2 Å². The van der Waals surface area contributed by atoms with Crippen LogP contribution in [-0.2, 0) is 40.3 Å². The minimum absolute atomic E-state index is 0.00744. The number of carbonyl (C=O) groups is 1. The van der Waals surface area contributed by atoms with Gasteiger partial charge in [-0.05, 0) is 41.3 Å². The monoisotopic (exact) mass is 552 g/mol. The first-order valence-corrected chi connectivity index (χ1v) is 14.2. The first kappa shape index (κ1) is 27.2. The number of nitrogens with zero attached hydrogens (tertiary/aromatic N) is 3. The summed E-state index contributed by atoms with van der Waals surface area (Å²) >= 11 is 1.36. The number of hydrogen-bond acceptors (Lipinski definition) is 7. The Bertz CT molecular complexity index is 1390. The van der Waals surface area contributed by atoms with E-state index in [0.29, 0.717) is 29.3 Å². The molecule has 1 amide bonds. The third kappa shape index (κ3) is 6.19. The average Bonchev–Trinajstić information content (AvgIpc) is 3.35. The summed E-state index contributed by atoms with van der Waals surface area (Å²) in [6.07, 6.45) is -3.25. The lowest BCUT2D eigenvalue weighted by Crippen LogP contribution is -2.26. The third-order valence-corrected chi connectivity index (χ3v) is 8.88. The van der Waals surface area contributed by atoms with Gasteiger partial charge in [0, 0.05) is 24.2 Å². The number of amides is 1. The molecule has 1 aliphatic rings. The normalized spacial score (nSPS) is 16.2. The van der Waals surface area contributed by atoms with Crippen molar-refractivity contribution in [1.82, 2.24) is 14.9 Å². The van der Waals surface area contributed by atoms with E-state index in [1.807, 2.05) is 13.8 Å². The van der Waals surface area contributed by atoms with Crippen LogP contribution in [0.5, 0.6) is 0 Å². The van der Waals surface area contributed by atoms with Crippen LogP contribution in [0.4, 0.5) is 18.3 Å². The molecule has 1 aromatic carbocycles. The van der Waals surface area contributed by atoms with Crippen molar-refractivity contribution in [3.63, 3.8) is 0 Å². The summed E-state index contributed by atoms with van der Waals surface area (Å²) in [5.74, 6) is -0.116. The Morgan fingerprint density at radius 1 is 1.19 bits per heavy atom. The summed E-state index contributed by atoms with van der Waals surface area (Å²) in [6.45, 7) is 6.47. The van der Waals surface area contributed by atoms with Gasteiger partial charge in [-0.1, -0.05) is 32.9 Å². The number of benzene rings is 1. The molecule has 0 aliphatic carbocycles. The highest BCUT2D eigenvalue weighted by Gasteiger charge is 2.37. The highest BCUT2D eigenvalue weighted by atomic mass is 32.2. The number of fused-ring (bicyclic) bond motifs is 1. The molecular formula is C25H27F3N4O3S2. The smallest absolute Gasteiger partial charge is 0.302 e. The van der Waals surface area contributed by atoms with Gasteiger partial charge in [0.25, 0.3) is 0 Å². The van der Waals surface area contributed by atoms with Crippen molar-refractivity contribution in [2.45, 2.75) is 57.4 Å². The summed E-state index contributed by atoms with van der Waals surface area (Å²) in [4.78, 5) is 24.0. The van der Waals surface area contributed by atoms with Gasteiger partial charge in [0.15, 0.2) is 15.0 Å². The van der Waals surface area contributed by atoms with Crippen molar-refractivity contribution in [3.05, 3.63) is 70.0 Å². The lowest BCUT2D eigenvalue weighted by Gasteiger charge is -2.27. The van der Waals surface area contributed by atoms with Crippen molar-refractivity contribution in [3.8, 4) is 0 Å². The largest absolute Gasteiger partial charge is 0.433 e. The number of rotatable bonds is 8. The Morgan fingerprint density at radius 2 is 1.89 bits per heavy atom. The van der Waals surface area contributed by atoms with E-state index in [1.54, 1.807) is 25.1 Å². The molecule has 0 spiro atoms. The molecule has 1 aliphatic heterocycles. The molecule has 12 heteroatoms. The lowest BCUT2D eigenvalue weighted by molar-refractivity contribution is -0.141. The lowest BCUT2D eigenvalue weighted by atomic mass is 10.0. The number of thiazole rings is 1. The first-order chi connectivity index (χ1) is 17.4. The van der Waals surface area contributed by atoms with Crippen molar-refractivity contribution in [1.29, 1.82) is 0 Å². The van der Waals surface area contributed by atoms with Gasteiger partial charge < -0.3 is 5.32 Å². The number of nitrogens with one attached hydrogen (secondary N) is 1. The minimum atomic E-state index is -4.50. The van der Waals surface area contributed by atoms with Crippen LogP contribution in [-0.4, -0.2) is 34.9 Å². The fourth-order valence-corrected chi connectivity index (χ4v) is 6.33. The van der Waals surface area contributed by atoms with Gasteiger partial charge in [-0.25, -0.2) is 13.4 Å². The topological polar surface area (TPSA) is 92.3 Å². The number of aromatic nitrogens is 2. The second kappa shape index (κ2) is 10.5. The molecule has 0 saturated carbocycles. The maximum absolute atomic E-state index is 13.1. The number of carbonyl (C=O) groups excluding carboxylic acids is 1. The van der Waals surface area contributed by atoms with Crippen molar-refractivity contribution in [2.75, 3.05) is 11.1 Å². The molecule has 1 N–H and O–H groups in total. The molecule has 7 nitrogen and oxygen atoms in total. The molecule has 0 fully saturated rings. The van der Waals surface area contributed by atoms with Crippen LogP contribution >= 0.6 is 11.3 Å². The van der Waals surface area contributed by atoms with E-state index in [0.717, 1.165) is 16.6 Å². The third-order valence-electron chi connectivity index (χ3n) is 6.15. The van der Waals surface area contributed by atoms with E-state index in [1.165, 1.54) is 29.7 Å². The van der Waals surface area contributed by atoms with E-state index in [9.17, 15) is 26.4 Å². The van der Waals surface area contributed by atoms with Gasteiger partial charge in [-0.15, -0.1) is 11.3 Å². The number of sulfone groups is 1. The molecule has 1 unspecified atom stereocenters. The van der Waals surface area contributed by atoms with Gasteiger partial charge in [0.2, 0.25) is 5.91 Å². The molecule has 4 rings (SSSR count). The maximum atomic E-state index is 13.1. The molecule has 0 saturated heterocycles. The Morgan fingerprint density at radius 3 is 2.51 bits per heavy atom. The Balaban J connectivity index is 1.43. The second-order valence-electron chi connectivity index (χ2n) is 9.24. The molecule has 37 heavy (non-hydrogen) atoms. The van der Waals surface area contributed by atoms with Crippen LogP contribution in [0.25, 0.3) is 0 Å². The highest BCUT2D eigenvalue weighted by Crippen LogP contribution is 2.43. The van der Waals surface area contributed by atoms with Gasteiger partial charge in [0.1, 0.15) is 5.69 Å². The molecule has 0 bridgehead atoms. The molecule has 198 valence electrons. The number of halogens is 3. The zero-order chi connectivity index (χ0) is 27.0. The average molecular weight is 553 g/mol. The van der Waals surface area contributed by atoms with Gasteiger partial charge in [-0.3, -0.25) is 14.7 Å². The van der Waals surface area contributed by atoms with Crippen molar-refractivity contribution < 1.29 is 26.4 Å². The molecule has 0 radical (unpaired) electrons. The van der Waals surface area contributed by atoms with Crippen LogP contribution in [0, 0.1) is 5.92 Å². The van der Waals surface area contributed by atoms with Crippen LogP contribution in [0.15, 0.2) is 47.5 Å². The van der Waals surface area contributed by atoms with E-state index in [2.05, 4.69) is 20.2 Å². The summed E-state index contributed by atoms with van der Waals surface area (Å²) in [7, 11) is -3.30. The fraction of sp³-hybridized carbons (Fsp3) is 0.400. The number of anilines is 1. The standard InChI is InChI=1S/C25H27F3N4O3S2/c1-4-37(34,35)18-7-5-16(6-8-18)12-21(33)30-24-31-22-19(36-24)14-32(23(22)15(2)3)13-17-9-10-29-20(11-17)25(26,27)28/h5-11,15,23H,4,12-14H2,1-3H3,(H,30,31,33). The minimum Gasteiger partial charge on any atom is -0.302 e. The highest BCUT2D eigenvalue weighted by molar-refractivity contribution is 7.91. The van der Waals surface area contributed by atoms with Crippen LogP contribution in [0.2, 0.25) is 0 Å². The number of pyridine rings is 1. The summed E-state index contributed by atoms with van der Waals surface area (Å²) in [5.41, 5.74) is 1.12. The van der Waals surface area contributed by atoms with E-state index in [4.69, 9.17) is 0 Å². The fourth-order valence-electron chi connectivity index (χ4n) is 4.40. The van der Waals surface area contributed by atoms with Gasteiger partial charge in [-0.2, -0.15) is 13.2 Å². The molecular weight excluding hydrogens is 525 g/mol. The van der Waals surface area contributed by atoms with Crippen LogP contribution in [0.3, 0.4) is 0 Å². The summed E-state index contributed by atoms with van der Waals surface area (Å²) < 4.78 is 63.1. The summed E-state index contributed by atoms with van der Waals surface area (Å²) in [5, 5.41) is 3.29. The van der Waals surface area contributed by atoms with E-state index >= 15 is 0 Å². The maximum Gasteiger partial charge on any atom is 0.433 e. The Kier molecular flexibility index (Phi) is 7.72. The predicted octanol–water partition coefficient (Wildman–Crippen LogP) is 5.24. The van der Waals surface area contributed by atoms with Crippen molar-refractivity contribution in [2.24, 2.45) is 5.92 Å². The summed E-state index contributed by atoms with van der Waals surface area (Å²) in [6, 6.07) is 8.81. The zero-order valence-electron chi connectivity index (χ0n) is 20.5. The van der Waals surface area contributed by atoms with Crippen molar-refractivity contribution >= 4 is 32.2 Å². The van der Waals surface area contributed by atoms with E-state index < -0.39 is 21.7 Å². The van der Waals surface area contributed by atoms with Gasteiger partial charge in [0.05, 0.1) is 28.8 Å². The number of hydrogen-bond donors (Lipinski definition) is 1. The second-order valence-corrected chi connectivity index (χ2v) is 12.6. The molecule has 3 heterocycles. The molecule has 2 aromatic heterocycles.